The average molecular weight is 264 g/mol. The molecule has 0 aromatic heterocycles. The number of benzene rings is 2. The maximum atomic E-state index is 12.6. The molecule has 20 heavy (non-hydrogen) atoms. The van der Waals surface area contributed by atoms with Gasteiger partial charge in [0.2, 0.25) is 0 Å². The van der Waals surface area contributed by atoms with Crippen molar-refractivity contribution in [2.24, 2.45) is 0 Å². The van der Waals surface area contributed by atoms with Gasteiger partial charge in [0.25, 0.3) is 0 Å². The molecule has 0 atom stereocenters. The van der Waals surface area contributed by atoms with Crippen LogP contribution < -0.4 is 4.74 Å². The second-order valence-electron chi connectivity index (χ2n) is 4.52. The van der Waals surface area contributed by atoms with E-state index in [9.17, 15) is 9.59 Å². The monoisotopic (exact) mass is 264 g/mol. The Morgan fingerprint density at radius 3 is 2.20 bits per heavy atom. The summed E-state index contributed by atoms with van der Waals surface area (Å²) in [6, 6.07) is 10.2. The standard InChI is InChI=1S/C17H12O3/c1-3-10-6-4-7-11-14(10)16(18)12-8-5-9-13(20-2)15(12)17(11)19/h3-9H,1H2,2H3. The van der Waals surface area contributed by atoms with E-state index in [1.807, 2.05) is 0 Å². The summed E-state index contributed by atoms with van der Waals surface area (Å²) in [6.45, 7) is 3.70. The van der Waals surface area contributed by atoms with Gasteiger partial charge < -0.3 is 4.74 Å². The van der Waals surface area contributed by atoms with Gasteiger partial charge in [-0.3, -0.25) is 9.59 Å². The van der Waals surface area contributed by atoms with Gasteiger partial charge in [0, 0.05) is 16.7 Å². The molecule has 0 heterocycles. The number of fused-ring (bicyclic) bond motifs is 2. The lowest BCUT2D eigenvalue weighted by molar-refractivity contribution is 0.0976. The summed E-state index contributed by atoms with van der Waals surface area (Å²) in [5.41, 5.74) is 2.23. The Labute approximate surface area is 116 Å². The third-order valence-corrected chi connectivity index (χ3v) is 3.51. The molecular weight excluding hydrogens is 252 g/mol. The van der Waals surface area contributed by atoms with Crippen LogP contribution >= 0.6 is 0 Å². The van der Waals surface area contributed by atoms with Gasteiger partial charge >= 0.3 is 0 Å². The summed E-state index contributed by atoms with van der Waals surface area (Å²) in [7, 11) is 1.49. The fourth-order valence-electron chi connectivity index (χ4n) is 2.58. The highest BCUT2D eigenvalue weighted by molar-refractivity contribution is 6.30. The zero-order valence-corrected chi connectivity index (χ0v) is 11.0. The molecule has 0 aliphatic heterocycles. The number of rotatable bonds is 2. The summed E-state index contributed by atoms with van der Waals surface area (Å²) in [4.78, 5) is 25.3. The first-order chi connectivity index (χ1) is 9.69. The van der Waals surface area contributed by atoms with Crippen LogP contribution in [0.5, 0.6) is 5.75 Å². The quantitative estimate of drug-likeness (QED) is 0.714. The number of methoxy groups -OCH3 is 1. The SMILES string of the molecule is C=Cc1cccc2c1C(=O)c1cccc(OC)c1C2=O. The van der Waals surface area contributed by atoms with E-state index in [1.54, 1.807) is 42.5 Å². The highest BCUT2D eigenvalue weighted by Crippen LogP contribution is 2.34. The van der Waals surface area contributed by atoms with E-state index in [2.05, 4.69) is 6.58 Å². The molecular formula is C17H12O3. The smallest absolute Gasteiger partial charge is 0.198 e. The lowest BCUT2D eigenvalue weighted by atomic mass is 9.81. The Morgan fingerprint density at radius 2 is 1.55 bits per heavy atom. The van der Waals surface area contributed by atoms with Crippen molar-refractivity contribution in [1.29, 1.82) is 0 Å². The van der Waals surface area contributed by atoms with Crippen LogP contribution in [0.4, 0.5) is 0 Å². The molecule has 1 aliphatic carbocycles. The van der Waals surface area contributed by atoms with E-state index < -0.39 is 0 Å². The topological polar surface area (TPSA) is 43.4 Å². The molecule has 2 aromatic rings. The number of ketones is 2. The third kappa shape index (κ3) is 1.53. The van der Waals surface area contributed by atoms with Crippen LogP contribution in [0.2, 0.25) is 0 Å². The molecule has 0 N–H and O–H groups in total. The van der Waals surface area contributed by atoms with Crippen LogP contribution in [0.25, 0.3) is 6.08 Å². The lowest BCUT2D eigenvalue weighted by Crippen LogP contribution is -2.22. The van der Waals surface area contributed by atoms with Gasteiger partial charge in [0.15, 0.2) is 11.6 Å². The maximum Gasteiger partial charge on any atom is 0.198 e. The summed E-state index contributed by atoms with van der Waals surface area (Å²) in [5.74, 6) is 0.0789. The van der Waals surface area contributed by atoms with Crippen molar-refractivity contribution < 1.29 is 14.3 Å². The predicted octanol–water partition coefficient (Wildman–Crippen LogP) is 3.11. The van der Waals surface area contributed by atoms with Gasteiger partial charge in [-0.15, -0.1) is 0 Å². The number of hydrogen-bond donors (Lipinski definition) is 0. The number of carbonyl (C=O) groups is 2. The molecule has 3 heteroatoms. The Morgan fingerprint density at radius 1 is 0.950 bits per heavy atom. The minimum Gasteiger partial charge on any atom is -0.496 e. The van der Waals surface area contributed by atoms with Gasteiger partial charge in [-0.05, 0) is 11.6 Å². The molecule has 0 unspecified atom stereocenters. The van der Waals surface area contributed by atoms with Gasteiger partial charge in [-0.2, -0.15) is 0 Å². The number of carbonyl (C=O) groups excluding carboxylic acids is 2. The fraction of sp³-hybridized carbons (Fsp3) is 0.0588. The Kier molecular flexibility index (Phi) is 2.75. The molecule has 0 spiro atoms. The lowest BCUT2D eigenvalue weighted by Gasteiger charge is -2.20. The normalized spacial score (nSPS) is 12.7. The zero-order valence-electron chi connectivity index (χ0n) is 11.0. The second kappa shape index (κ2) is 4.46. The maximum absolute atomic E-state index is 12.6. The predicted molar refractivity (Wildman–Crippen MR) is 76.4 cm³/mol. The van der Waals surface area contributed by atoms with Crippen LogP contribution in [-0.4, -0.2) is 18.7 Å². The minimum absolute atomic E-state index is 0.163. The van der Waals surface area contributed by atoms with Crippen LogP contribution in [0.1, 0.15) is 37.4 Å². The number of hydrogen-bond acceptors (Lipinski definition) is 3. The van der Waals surface area contributed by atoms with E-state index in [-0.39, 0.29) is 11.6 Å². The first-order valence-corrected chi connectivity index (χ1v) is 6.21. The molecule has 0 fully saturated rings. The molecule has 98 valence electrons. The van der Waals surface area contributed by atoms with Crippen molar-refractivity contribution in [3.8, 4) is 5.75 Å². The highest BCUT2D eigenvalue weighted by atomic mass is 16.5. The number of ether oxygens (including phenoxy) is 1. The van der Waals surface area contributed by atoms with Crippen molar-refractivity contribution in [1.82, 2.24) is 0 Å². The molecule has 0 radical (unpaired) electrons. The average Bonchev–Trinajstić information content (AvgIpc) is 2.50. The first kappa shape index (κ1) is 12.4. The van der Waals surface area contributed by atoms with E-state index in [1.165, 1.54) is 7.11 Å². The van der Waals surface area contributed by atoms with Crippen molar-refractivity contribution in [3.05, 3.63) is 70.8 Å². The van der Waals surface area contributed by atoms with Crippen LogP contribution in [-0.2, 0) is 0 Å². The Balaban J connectivity index is 2.36. The summed E-state index contributed by atoms with van der Waals surface area (Å²) in [5, 5.41) is 0. The highest BCUT2D eigenvalue weighted by Gasteiger charge is 2.33. The van der Waals surface area contributed by atoms with E-state index in [4.69, 9.17) is 4.74 Å². The second-order valence-corrected chi connectivity index (χ2v) is 4.52. The third-order valence-electron chi connectivity index (χ3n) is 3.51. The van der Waals surface area contributed by atoms with Crippen molar-refractivity contribution >= 4 is 17.6 Å². The minimum atomic E-state index is -0.184. The summed E-state index contributed by atoms with van der Waals surface area (Å²) in [6.07, 6.45) is 1.59. The molecule has 3 rings (SSSR count). The van der Waals surface area contributed by atoms with Gasteiger partial charge in [0.05, 0.1) is 12.7 Å². The van der Waals surface area contributed by atoms with Crippen molar-refractivity contribution in [2.75, 3.05) is 7.11 Å². The van der Waals surface area contributed by atoms with Crippen molar-refractivity contribution in [2.45, 2.75) is 0 Å². The van der Waals surface area contributed by atoms with Gasteiger partial charge in [0.1, 0.15) is 5.75 Å². The molecule has 1 aliphatic rings. The van der Waals surface area contributed by atoms with E-state index in [0.29, 0.717) is 33.6 Å². The largest absolute Gasteiger partial charge is 0.496 e. The summed E-state index contributed by atoms with van der Waals surface area (Å²) < 4.78 is 5.21. The van der Waals surface area contributed by atoms with Crippen LogP contribution in [0.3, 0.4) is 0 Å². The molecule has 3 nitrogen and oxygen atoms in total. The van der Waals surface area contributed by atoms with Crippen molar-refractivity contribution in [3.63, 3.8) is 0 Å². The zero-order chi connectivity index (χ0) is 14.3. The van der Waals surface area contributed by atoms with Gasteiger partial charge in [-0.25, -0.2) is 0 Å². The van der Waals surface area contributed by atoms with E-state index in [0.717, 1.165) is 0 Å². The fourth-order valence-corrected chi connectivity index (χ4v) is 2.58. The van der Waals surface area contributed by atoms with Gasteiger partial charge in [-0.1, -0.05) is 43.0 Å². The first-order valence-electron chi connectivity index (χ1n) is 6.21. The Hall–Kier alpha value is -2.68. The van der Waals surface area contributed by atoms with Crippen LogP contribution in [0, 0.1) is 0 Å². The molecule has 0 saturated carbocycles. The van der Waals surface area contributed by atoms with Crippen LogP contribution in [0.15, 0.2) is 43.0 Å². The molecule has 2 aromatic carbocycles. The van der Waals surface area contributed by atoms with E-state index >= 15 is 0 Å². The summed E-state index contributed by atoms with van der Waals surface area (Å²) >= 11 is 0. The molecule has 0 bridgehead atoms. The molecule has 0 amide bonds. The molecule has 0 saturated heterocycles. The Bertz CT molecular complexity index is 757.